The van der Waals surface area contributed by atoms with Crippen LogP contribution in [-0.2, 0) is 16.0 Å². The van der Waals surface area contributed by atoms with E-state index in [2.05, 4.69) is 17.2 Å². The minimum absolute atomic E-state index is 0.00647. The lowest BCUT2D eigenvalue weighted by atomic mass is 9.92. The summed E-state index contributed by atoms with van der Waals surface area (Å²) in [4.78, 5) is 36.3. The fourth-order valence-electron chi connectivity index (χ4n) is 3.09. The third-order valence-corrected chi connectivity index (χ3v) is 4.30. The molecule has 2 amide bonds. The molecule has 3 rings (SSSR count). The maximum atomic E-state index is 12.5. The summed E-state index contributed by atoms with van der Waals surface area (Å²) in [5.74, 6) is -0.168. The van der Waals surface area contributed by atoms with Crippen molar-refractivity contribution >= 4 is 29.0 Å². The number of anilines is 2. The van der Waals surface area contributed by atoms with Crippen molar-refractivity contribution in [3.63, 3.8) is 0 Å². The van der Waals surface area contributed by atoms with Gasteiger partial charge in [0.25, 0.3) is 0 Å². The minimum Gasteiger partial charge on any atom is -0.484 e. The lowest BCUT2D eigenvalue weighted by Gasteiger charge is -2.32. The molecule has 1 aliphatic rings. The van der Waals surface area contributed by atoms with Crippen LogP contribution in [0.15, 0.2) is 55.1 Å². The van der Waals surface area contributed by atoms with Crippen LogP contribution in [0.4, 0.5) is 11.4 Å². The van der Waals surface area contributed by atoms with Gasteiger partial charge in [0.15, 0.2) is 11.5 Å². The Morgan fingerprint density at radius 3 is 2.68 bits per heavy atom. The maximum Gasteiger partial charge on any atom is 0.247 e. The van der Waals surface area contributed by atoms with Gasteiger partial charge < -0.3 is 15.4 Å². The van der Waals surface area contributed by atoms with Gasteiger partial charge in [-0.3, -0.25) is 14.4 Å². The largest absolute Gasteiger partial charge is 0.484 e. The van der Waals surface area contributed by atoms with Gasteiger partial charge in [0.2, 0.25) is 11.8 Å². The van der Waals surface area contributed by atoms with Crippen molar-refractivity contribution in [2.24, 2.45) is 0 Å². The summed E-state index contributed by atoms with van der Waals surface area (Å²) >= 11 is 0. The first-order valence-electron chi connectivity index (χ1n) is 8.95. The van der Waals surface area contributed by atoms with Crippen LogP contribution in [-0.4, -0.2) is 23.2 Å². The summed E-state index contributed by atoms with van der Waals surface area (Å²) in [6, 6.07) is 12.2. The fourth-order valence-corrected chi connectivity index (χ4v) is 3.09. The number of rotatable bonds is 5. The fraction of sp³-hybridized carbons (Fsp3) is 0.227. The zero-order valence-electron chi connectivity index (χ0n) is 15.9. The Bertz CT molecular complexity index is 963. The van der Waals surface area contributed by atoms with Crippen LogP contribution >= 0.6 is 0 Å². The number of nitrogens with one attached hydrogen (secondary N) is 2. The van der Waals surface area contributed by atoms with Gasteiger partial charge in [0.1, 0.15) is 5.60 Å². The number of hydrogen-bond donors (Lipinski definition) is 2. The second-order valence-corrected chi connectivity index (χ2v) is 7.26. The van der Waals surface area contributed by atoms with E-state index in [1.165, 1.54) is 6.08 Å². The van der Waals surface area contributed by atoms with Gasteiger partial charge in [0, 0.05) is 5.69 Å². The van der Waals surface area contributed by atoms with E-state index in [0.717, 1.165) is 5.56 Å². The van der Waals surface area contributed by atoms with E-state index in [9.17, 15) is 14.4 Å². The predicted octanol–water partition coefficient (Wildman–Crippen LogP) is 3.74. The standard InChI is InChI=1S/C22H22N2O4/c1-4-19(26)23-15-8-5-7-14(11-15)12-20(27)24-17-10-6-9-16-18(25)13-22(2,3)28-21(16)17/h4-11H,1,12-13H2,2-3H3,(H,23,26)(H,24,27). The summed E-state index contributed by atoms with van der Waals surface area (Å²) in [6.45, 7) is 7.10. The maximum absolute atomic E-state index is 12.5. The van der Waals surface area contributed by atoms with E-state index in [1.54, 1.807) is 42.5 Å². The number of carbonyl (C=O) groups excluding carboxylic acids is 3. The van der Waals surface area contributed by atoms with Gasteiger partial charge in [-0.1, -0.05) is 24.8 Å². The Kier molecular flexibility index (Phi) is 5.31. The van der Waals surface area contributed by atoms with Gasteiger partial charge in [-0.05, 0) is 49.8 Å². The van der Waals surface area contributed by atoms with Crippen molar-refractivity contribution in [3.8, 4) is 5.75 Å². The van der Waals surface area contributed by atoms with E-state index >= 15 is 0 Å². The molecule has 0 unspecified atom stereocenters. The Morgan fingerprint density at radius 1 is 1.18 bits per heavy atom. The summed E-state index contributed by atoms with van der Waals surface area (Å²) < 4.78 is 5.95. The van der Waals surface area contributed by atoms with Gasteiger partial charge in [-0.25, -0.2) is 0 Å². The molecular formula is C22H22N2O4. The first kappa shape index (κ1) is 19.4. The SMILES string of the molecule is C=CC(=O)Nc1cccc(CC(=O)Nc2cccc3c2OC(C)(C)CC3=O)c1. The highest BCUT2D eigenvalue weighted by molar-refractivity contribution is 6.04. The third-order valence-electron chi connectivity index (χ3n) is 4.30. The minimum atomic E-state index is -0.622. The Balaban J connectivity index is 1.75. The average molecular weight is 378 g/mol. The predicted molar refractivity (Wildman–Crippen MR) is 108 cm³/mol. The lowest BCUT2D eigenvalue weighted by Crippen LogP contribution is -2.36. The molecule has 0 fully saturated rings. The molecule has 6 nitrogen and oxygen atoms in total. The molecule has 2 N–H and O–H groups in total. The van der Waals surface area contributed by atoms with E-state index in [-0.39, 0.29) is 24.0 Å². The second-order valence-electron chi connectivity index (χ2n) is 7.26. The number of carbonyl (C=O) groups is 3. The molecule has 0 atom stereocenters. The van der Waals surface area contributed by atoms with Crippen molar-refractivity contribution in [2.45, 2.75) is 32.3 Å². The van der Waals surface area contributed by atoms with Crippen molar-refractivity contribution in [2.75, 3.05) is 10.6 Å². The Labute approximate surface area is 163 Å². The highest BCUT2D eigenvalue weighted by Gasteiger charge is 2.34. The molecule has 2 aromatic carbocycles. The molecule has 1 aliphatic heterocycles. The molecule has 144 valence electrons. The Morgan fingerprint density at radius 2 is 1.93 bits per heavy atom. The molecule has 0 spiro atoms. The summed E-state index contributed by atoms with van der Waals surface area (Å²) in [7, 11) is 0. The van der Waals surface area contributed by atoms with Crippen LogP contribution < -0.4 is 15.4 Å². The molecule has 0 aromatic heterocycles. The van der Waals surface area contributed by atoms with Crippen molar-refractivity contribution < 1.29 is 19.1 Å². The molecule has 0 radical (unpaired) electrons. The highest BCUT2D eigenvalue weighted by Crippen LogP contribution is 2.38. The van der Waals surface area contributed by atoms with Gasteiger partial charge >= 0.3 is 0 Å². The van der Waals surface area contributed by atoms with Gasteiger partial charge in [0.05, 0.1) is 24.1 Å². The normalized spacial score (nSPS) is 14.4. The number of hydrogen-bond acceptors (Lipinski definition) is 4. The molecule has 2 aromatic rings. The van der Waals surface area contributed by atoms with E-state index < -0.39 is 5.60 Å². The quantitative estimate of drug-likeness (QED) is 0.777. The Hall–Kier alpha value is -3.41. The number of fused-ring (bicyclic) bond motifs is 1. The topological polar surface area (TPSA) is 84.5 Å². The zero-order valence-corrected chi connectivity index (χ0v) is 15.9. The molecule has 0 bridgehead atoms. The number of amides is 2. The smallest absolute Gasteiger partial charge is 0.247 e. The van der Waals surface area contributed by atoms with Gasteiger partial charge in [-0.15, -0.1) is 0 Å². The number of benzene rings is 2. The molecule has 1 heterocycles. The number of para-hydroxylation sites is 1. The summed E-state index contributed by atoms with van der Waals surface area (Å²) in [5, 5.41) is 5.49. The molecule has 0 saturated carbocycles. The summed E-state index contributed by atoms with van der Waals surface area (Å²) in [6.07, 6.45) is 1.58. The van der Waals surface area contributed by atoms with Crippen LogP contribution in [0.5, 0.6) is 5.75 Å². The monoisotopic (exact) mass is 378 g/mol. The first-order chi connectivity index (χ1) is 13.3. The lowest BCUT2D eigenvalue weighted by molar-refractivity contribution is -0.115. The number of ketones is 1. The molecule has 28 heavy (non-hydrogen) atoms. The number of Topliss-reactive ketones (excluding diaryl/α,β-unsaturated/α-hetero) is 1. The van der Waals surface area contributed by atoms with Crippen LogP contribution in [0.1, 0.15) is 36.2 Å². The number of ether oxygens (including phenoxy) is 1. The van der Waals surface area contributed by atoms with E-state index in [1.807, 2.05) is 13.8 Å². The molecular weight excluding hydrogens is 356 g/mol. The van der Waals surface area contributed by atoms with Crippen molar-refractivity contribution in [1.29, 1.82) is 0 Å². The van der Waals surface area contributed by atoms with E-state index in [0.29, 0.717) is 29.1 Å². The zero-order chi connectivity index (χ0) is 20.3. The highest BCUT2D eigenvalue weighted by atomic mass is 16.5. The molecule has 0 aliphatic carbocycles. The van der Waals surface area contributed by atoms with Crippen LogP contribution in [0, 0.1) is 0 Å². The molecule has 0 saturated heterocycles. The second kappa shape index (κ2) is 7.68. The van der Waals surface area contributed by atoms with Crippen LogP contribution in [0.2, 0.25) is 0 Å². The summed E-state index contributed by atoms with van der Waals surface area (Å²) in [5.41, 5.74) is 1.65. The van der Waals surface area contributed by atoms with Crippen molar-refractivity contribution in [3.05, 3.63) is 66.2 Å². The van der Waals surface area contributed by atoms with Gasteiger partial charge in [-0.2, -0.15) is 0 Å². The van der Waals surface area contributed by atoms with Crippen LogP contribution in [0.25, 0.3) is 0 Å². The average Bonchev–Trinajstić information content (AvgIpc) is 2.61. The third kappa shape index (κ3) is 4.46. The van der Waals surface area contributed by atoms with Crippen LogP contribution in [0.3, 0.4) is 0 Å². The first-order valence-corrected chi connectivity index (χ1v) is 8.95. The van der Waals surface area contributed by atoms with E-state index in [4.69, 9.17) is 4.74 Å². The molecule has 6 heteroatoms. The van der Waals surface area contributed by atoms with Crippen molar-refractivity contribution in [1.82, 2.24) is 0 Å².